The van der Waals surface area contributed by atoms with Gasteiger partial charge in [-0.1, -0.05) is 6.07 Å². The van der Waals surface area contributed by atoms with Crippen molar-refractivity contribution in [3.63, 3.8) is 0 Å². The number of nitrogens with zero attached hydrogens (tertiary/aromatic N) is 2. The third-order valence-corrected chi connectivity index (χ3v) is 5.82. The largest absolute Gasteiger partial charge is 0.441 e. The van der Waals surface area contributed by atoms with E-state index in [2.05, 4.69) is 27.3 Å². The van der Waals surface area contributed by atoms with Crippen LogP contribution in [0.15, 0.2) is 22.6 Å². The van der Waals surface area contributed by atoms with Crippen molar-refractivity contribution in [1.29, 1.82) is 0 Å². The van der Waals surface area contributed by atoms with Gasteiger partial charge < -0.3 is 14.5 Å². The number of amides is 1. The van der Waals surface area contributed by atoms with Gasteiger partial charge in [-0.25, -0.2) is 4.98 Å². The molecule has 1 amide bonds. The molecule has 6 nitrogen and oxygen atoms in total. The maximum atomic E-state index is 12.5. The molecule has 28 heavy (non-hydrogen) atoms. The predicted octanol–water partition coefficient (Wildman–Crippen LogP) is 2.92. The number of fused-ring (bicyclic) bond motifs is 2. The Kier molecular flexibility index (Phi) is 4.74. The molecule has 146 valence electrons. The number of oxazole rings is 1. The summed E-state index contributed by atoms with van der Waals surface area (Å²) in [5, 5.41) is 2.96. The van der Waals surface area contributed by atoms with Crippen molar-refractivity contribution in [3.05, 3.63) is 46.7 Å². The van der Waals surface area contributed by atoms with Crippen LogP contribution < -0.4 is 5.32 Å². The van der Waals surface area contributed by atoms with Gasteiger partial charge in [0.2, 0.25) is 5.89 Å². The maximum absolute atomic E-state index is 12.5. The number of benzene rings is 1. The molecule has 0 spiro atoms. The van der Waals surface area contributed by atoms with E-state index in [1.165, 1.54) is 5.56 Å². The average molecular weight is 379 g/mol. The van der Waals surface area contributed by atoms with E-state index in [-0.39, 0.29) is 5.91 Å². The summed E-state index contributed by atoms with van der Waals surface area (Å²) in [6.07, 6.45) is 6.98. The predicted molar refractivity (Wildman–Crippen MR) is 107 cm³/mol. The number of nitrogens with one attached hydrogen (secondary N) is 1. The van der Waals surface area contributed by atoms with Crippen LogP contribution in [0.4, 0.5) is 5.69 Å². The van der Waals surface area contributed by atoms with Crippen LogP contribution in [-0.4, -0.2) is 48.6 Å². The Morgan fingerprint density at radius 1 is 1.18 bits per heavy atom. The molecule has 2 aliphatic heterocycles. The molecule has 0 atom stereocenters. The second-order valence-corrected chi connectivity index (χ2v) is 7.73. The lowest BCUT2D eigenvalue weighted by molar-refractivity contribution is -0.110. The molecule has 3 aliphatic rings. The molecular weight excluding hydrogens is 354 g/mol. The molecule has 1 aromatic carbocycles. The van der Waals surface area contributed by atoms with Crippen LogP contribution in [0, 0.1) is 0 Å². The molecular formula is C22H25N3O3. The number of morpholine rings is 1. The highest BCUT2D eigenvalue weighted by atomic mass is 16.5. The SMILES string of the molecule is O=C1Nc2ccc(CCN3CCOCC3)cc2C1=Cc1nc2c(o1)CCCC2. The average Bonchev–Trinajstić information content (AvgIpc) is 3.27. The highest BCUT2D eigenvalue weighted by Gasteiger charge is 2.26. The van der Waals surface area contributed by atoms with Crippen molar-refractivity contribution in [2.45, 2.75) is 32.1 Å². The quantitative estimate of drug-likeness (QED) is 0.828. The monoisotopic (exact) mass is 379 g/mol. The van der Waals surface area contributed by atoms with Gasteiger partial charge in [-0.3, -0.25) is 9.69 Å². The third kappa shape index (κ3) is 3.50. The van der Waals surface area contributed by atoms with E-state index in [1.54, 1.807) is 6.08 Å². The van der Waals surface area contributed by atoms with Crippen LogP contribution in [-0.2, 0) is 28.8 Å². The fourth-order valence-electron chi connectivity index (χ4n) is 4.20. The molecule has 0 bridgehead atoms. The number of anilines is 1. The number of hydrogen-bond donors (Lipinski definition) is 1. The zero-order valence-electron chi connectivity index (χ0n) is 16.0. The van der Waals surface area contributed by atoms with E-state index in [1.807, 2.05) is 6.07 Å². The molecule has 6 heteroatoms. The Hall–Kier alpha value is -2.44. The Bertz CT molecular complexity index is 902. The lowest BCUT2D eigenvalue weighted by Crippen LogP contribution is -2.37. The lowest BCUT2D eigenvalue weighted by atomic mass is 10.0. The summed E-state index contributed by atoms with van der Waals surface area (Å²) in [5.74, 6) is 1.44. The second-order valence-electron chi connectivity index (χ2n) is 7.73. The van der Waals surface area contributed by atoms with Gasteiger partial charge in [0, 0.05) is 43.4 Å². The van der Waals surface area contributed by atoms with Gasteiger partial charge in [0.05, 0.1) is 24.5 Å². The minimum Gasteiger partial charge on any atom is -0.441 e. The minimum atomic E-state index is -0.0866. The number of rotatable bonds is 4. The zero-order valence-corrected chi connectivity index (χ0v) is 16.0. The molecule has 5 rings (SSSR count). The molecule has 0 saturated carbocycles. The third-order valence-electron chi connectivity index (χ3n) is 5.82. The molecule has 1 aromatic heterocycles. The Labute approximate surface area is 164 Å². The number of carbonyl (C=O) groups excluding carboxylic acids is 1. The molecule has 1 aliphatic carbocycles. The van der Waals surface area contributed by atoms with Crippen molar-refractivity contribution in [1.82, 2.24) is 9.88 Å². The molecule has 1 saturated heterocycles. The summed E-state index contributed by atoms with van der Waals surface area (Å²) in [4.78, 5) is 19.5. The first kappa shape index (κ1) is 17.6. The molecule has 2 aromatic rings. The van der Waals surface area contributed by atoms with Crippen molar-refractivity contribution in [2.24, 2.45) is 0 Å². The smallest absolute Gasteiger partial charge is 0.256 e. The summed E-state index contributed by atoms with van der Waals surface area (Å²) < 4.78 is 11.3. The van der Waals surface area contributed by atoms with Crippen LogP contribution in [0.1, 0.15) is 41.3 Å². The second kappa shape index (κ2) is 7.53. The van der Waals surface area contributed by atoms with Gasteiger partial charge >= 0.3 is 0 Å². The van der Waals surface area contributed by atoms with Gasteiger partial charge in [-0.15, -0.1) is 0 Å². The maximum Gasteiger partial charge on any atom is 0.256 e. The van der Waals surface area contributed by atoms with Crippen molar-refractivity contribution < 1.29 is 13.9 Å². The molecule has 1 N–H and O–H groups in total. The molecule has 3 heterocycles. The Morgan fingerprint density at radius 2 is 2.04 bits per heavy atom. The van der Waals surface area contributed by atoms with Crippen LogP contribution >= 0.6 is 0 Å². The normalized spacial score (nSPS) is 20.9. The number of carbonyl (C=O) groups is 1. The summed E-state index contributed by atoms with van der Waals surface area (Å²) in [6.45, 7) is 4.62. The Balaban J connectivity index is 1.37. The van der Waals surface area contributed by atoms with Crippen LogP contribution in [0.2, 0.25) is 0 Å². The summed E-state index contributed by atoms with van der Waals surface area (Å²) in [5.41, 5.74) is 4.74. The molecule has 0 unspecified atom stereocenters. The Morgan fingerprint density at radius 3 is 2.89 bits per heavy atom. The first-order chi connectivity index (χ1) is 13.8. The first-order valence-corrected chi connectivity index (χ1v) is 10.2. The standard InChI is InChI=1S/C22H25N3O3/c26-22-17(14-21-23-19-3-1-2-4-20(19)28-21)16-13-15(5-6-18(16)24-22)7-8-25-9-11-27-12-10-25/h5-6,13-14H,1-4,7-12H2,(H,24,26). The van der Waals surface area contributed by atoms with Crippen LogP contribution in [0.3, 0.4) is 0 Å². The van der Waals surface area contributed by atoms with Gasteiger partial charge in [-0.2, -0.15) is 0 Å². The summed E-state index contributed by atoms with van der Waals surface area (Å²) in [7, 11) is 0. The highest BCUT2D eigenvalue weighted by molar-refractivity contribution is 6.34. The van der Waals surface area contributed by atoms with E-state index >= 15 is 0 Å². The number of ether oxygens (including phenoxy) is 1. The van der Waals surface area contributed by atoms with Gasteiger partial charge in [0.1, 0.15) is 5.76 Å². The zero-order chi connectivity index (χ0) is 18.9. The summed E-state index contributed by atoms with van der Waals surface area (Å²) >= 11 is 0. The van der Waals surface area contributed by atoms with E-state index in [9.17, 15) is 4.79 Å². The lowest BCUT2D eigenvalue weighted by Gasteiger charge is -2.26. The van der Waals surface area contributed by atoms with Crippen LogP contribution in [0.25, 0.3) is 11.6 Å². The van der Waals surface area contributed by atoms with Gasteiger partial charge in [-0.05, 0) is 43.4 Å². The number of hydrogen-bond acceptors (Lipinski definition) is 5. The van der Waals surface area contributed by atoms with Crippen molar-refractivity contribution in [3.8, 4) is 0 Å². The number of aromatic nitrogens is 1. The van der Waals surface area contributed by atoms with E-state index in [0.29, 0.717) is 11.5 Å². The fourth-order valence-corrected chi connectivity index (χ4v) is 4.20. The van der Waals surface area contributed by atoms with Gasteiger partial charge in [0.15, 0.2) is 0 Å². The fraction of sp³-hybridized carbons (Fsp3) is 0.455. The van der Waals surface area contributed by atoms with E-state index in [4.69, 9.17) is 9.15 Å². The highest BCUT2D eigenvalue weighted by Crippen LogP contribution is 2.34. The minimum absolute atomic E-state index is 0.0866. The first-order valence-electron chi connectivity index (χ1n) is 10.2. The van der Waals surface area contributed by atoms with E-state index < -0.39 is 0 Å². The molecule has 1 fully saturated rings. The summed E-state index contributed by atoms with van der Waals surface area (Å²) in [6, 6.07) is 6.23. The van der Waals surface area contributed by atoms with Crippen molar-refractivity contribution in [2.75, 3.05) is 38.2 Å². The van der Waals surface area contributed by atoms with Gasteiger partial charge in [0.25, 0.3) is 5.91 Å². The van der Waals surface area contributed by atoms with Crippen molar-refractivity contribution >= 4 is 23.2 Å². The molecule has 0 radical (unpaired) electrons. The topological polar surface area (TPSA) is 67.6 Å². The van der Waals surface area contributed by atoms with E-state index in [0.717, 1.165) is 87.7 Å². The van der Waals surface area contributed by atoms with Crippen LogP contribution in [0.5, 0.6) is 0 Å². The number of aryl methyl sites for hydroxylation is 2.